The zero-order valence-electron chi connectivity index (χ0n) is 7.00. The molecule has 0 radical (unpaired) electrons. The number of halogens is 3. The first-order valence-electron chi connectivity index (χ1n) is 3.52. The van der Waals surface area contributed by atoms with Crippen LogP contribution in [-0.2, 0) is 0 Å². The number of aryl methyl sites for hydroxylation is 1. The lowest BCUT2D eigenvalue weighted by Gasteiger charge is -2.05. The van der Waals surface area contributed by atoms with Crippen LogP contribution in [0.5, 0.6) is 0 Å². The summed E-state index contributed by atoms with van der Waals surface area (Å²) in [5, 5.41) is 10.1. The smallest absolute Gasteiger partial charge is 0.259 e. The van der Waals surface area contributed by atoms with E-state index in [4.69, 9.17) is 11.6 Å². The van der Waals surface area contributed by atoms with Gasteiger partial charge in [-0.05, 0) is 6.92 Å². The monoisotopic (exact) mass is 222 g/mol. The Morgan fingerprint density at radius 1 is 1.64 bits per heavy atom. The van der Waals surface area contributed by atoms with Crippen molar-refractivity contribution in [2.75, 3.05) is 0 Å². The molecule has 0 aliphatic heterocycles. The van der Waals surface area contributed by atoms with Gasteiger partial charge in [-0.2, -0.15) is 0 Å². The second kappa shape index (κ2) is 3.83. The molecule has 0 aromatic carbocycles. The molecular formula is C7H5ClF2N2O2. The van der Waals surface area contributed by atoms with Crippen LogP contribution in [0.4, 0.5) is 14.5 Å². The van der Waals surface area contributed by atoms with Crippen molar-refractivity contribution >= 4 is 17.3 Å². The Balaban J connectivity index is 3.50. The summed E-state index contributed by atoms with van der Waals surface area (Å²) < 4.78 is 24.9. The van der Waals surface area contributed by atoms with Gasteiger partial charge in [0, 0.05) is 0 Å². The minimum absolute atomic E-state index is 0.0869. The van der Waals surface area contributed by atoms with Crippen molar-refractivity contribution in [1.82, 2.24) is 4.98 Å². The summed E-state index contributed by atoms with van der Waals surface area (Å²) in [5.74, 6) is 0. The fraction of sp³-hybridized carbons (Fsp3) is 0.286. The topological polar surface area (TPSA) is 56.0 Å². The van der Waals surface area contributed by atoms with E-state index >= 15 is 0 Å². The summed E-state index contributed by atoms with van der Waals surface area (Å²) in [7, 11) is 0. The summed E-state index contributed by atoms with van der Waals surface area (Å²) >= 11 is 5.40. The molecule has 1 rings (SSSR count). The Morgan fingerprint density at radius 3 is 2.57 bits per heavy atom. The van der Waals surface area contributed by atoms with Crippen LogP contribution in [0.3, 0.4) is 0 Å². The van der Waals surface area contributed by atoms with Crippen molar-refractivity contribution in [2.24, 2.45) is 0 Å². The summed E-state index contributed by atoms with van der Waals surface area (Å²) in [4.78, 5) is 13.1. The molecule has 1 heterocycles. The van der Waals surface area contributed by atoms with Crippen molar-refractivity contribution in [2.45, 2.75) is 13.3 Å². The zero-order chi connectivity index (χ0) is 10.9. The van der Waals surface area contributed by atoms with Crippen molar-refractivity contribution in [3.8, 4) is 0 Å². The maximum Gasteiger partial charge on any atom is 0.300 e. The lowest BCUT2D eigenvalue weighted by Crippen LogP contribution is -2.01. The third-order valence-corrected chi connectivity index (χ3v) is 1.92. The Morgan fingerprint density at radius 2 is 2.21 bits per heavy atom. The van der Waals surface area contributed by atoms with Gasteiger partial charge in [-0.25, -0.2) is 8.78 Å². The van der Waals surface area contributed by atoms with E-state index in [9.17, 15) is 18.9 Å². The molecule has 0 saturated carbocycles. The maximum absolute atomic E-state index is 12.4. The Bertz CT molecular complexity index is 384. The lowest BCUT2D eigenvalue weighted by molar-refractivity contribution is -0.386. The number of pyridine rings is 1. The Hall–Kier alpha value is -1.30. The van der Waals surface area contributed by atoms with Crippen molar-refractivity contribution in [3.05, 3.63) is 32.6 Å². The number of alkyl halides is 2. The average molecular weight is 223 g/mol. The van der Waals surface area contributed by atoms with E-state index in [1.54, 1.807) is 0 Å². The predicted octanol–water partition coefficient (Wildman–Crippen LogP) is 2.89. The molecule has 0 bridgehead atoms. The number of nitro groups is 1. The predicted molar refractivity (Wildman–Crippen MR) is 45.6 cm³/mol. The Labute approximate surface area is 82.7 Å². The highest BCUT2D eigenvalue weighted by Gasteiger charge is 2.27. The van der Waals surface area contributed by atoms with Gasteiger partial charge in [0.05, 0.1) is 16.8 Å². The van der Waals surface area contributed by atoms with Crippen LogP contribution in [0.2, 0.25) is 5.02 Å². The van der Waals surface area contributed by atoms with Gasteiger partial charge in [-0.1, -0.05) is 11.6 Å². The molecule has 0 aliphatic carbocycles. The molecule has 1 aromatic heterocycles. The van der Waals surface area contributed by atoms with Crippen LogP contribution in [0.25, 0.3) is 0 Å². The van der Waals surface area contributed by atoms with Gasteiger partial charge in [0.25, 0.3) is 12.1 Å². The van der Waals surface area contributed by atoms with Gasteiger partial charge >= 0.3 is 0 Å². The van der Waals surface area contributed by atoms with Gasteiger partial charge < -0.3 is 0 Å². The molecule has 0 amide bonds. The molecule has 0 atom stereocenters. The molecular weight excluding hydrogens is 218 g/mol. The summed E-state index contributed by atoms with van der Waals surface area (Å²) in [6.07, 6.45) is -1.97. The SMILES string of the molecule is Cc1ncc(Cl)c([N+](=O)[O-])c1C(F)F. The van der Waals surface area contributed by atoms with Gasteiger partial charge in [0.15, 0.2) is 0 Å². The number of nitrogens with zero attached hydrogens (tertiary/aromatic N) is 2. The molecule has 76 valence electrons. The quantitative estimate of drug-likeness (QED) is 0.571. The molecule has 0 fully saturated rings. The summed E-state index contributed by atoms with van der Waals surface area (Å²) in [6.45, 7) is 1.27. The minimum atomic E-state index is -2.96. The van der Waals surface area contributed by atoms with Crippen LogP contribution >= 0.6 is 11.6 Å². The fourth-order valence-electron chi connectivity index (χ4n) is 1.03. The fourth-order valence-corrected chi connectivity index (χ4v) is 1.25. The highest BCUT2D eigenvalue weighted by atomic mass is 35.5. The molecule has 0 aliphatic rings. The average Bonchev–Trinajstić information content (AvgIpc) is 2.07. The molecule has 7 heteroatoms. The lowest BCUT2D eigenvalue weighted by atomic mass is 10.2. The summed E-state index contributed by atoms with van der Waals surface area (Å²) in [5.41, 5.74) is -1.58. The normalized spacial score (nSPS) is 10.6. The third-order valence-electron chi connectivity index (χ3n) is 1.64. The third kappa shape index (κ3) is 1.79. The number of aromatic nitrogens is 1. The first kappa shape index (κ1) is 10.8. The van der Waals surface area contributed by atoms with Crippen molar-refractivity contribution < 1.29 is 13.7 Å². The Kier molecular flexibility index (Phi) is 2.95. The van der Waals surface area contributed by atoms with Crippen LogP contribution in [-0.4, -0.2) is 9.91 Å². The van der Waals surface area contributed by atoms with Gasteiger partial charge in [0.1, 0.15) is 10.6 Å². The van der Waals surface area contributed by atoms with E-state index < -0.39 is 22.6 Å². The van der Waals surface area contributed by atoms with E-state index in [0.717, 1.165) is 6.20 Å². The number of hydrogen-bond acceptors (Lipinski definition) is 3. The molecule has 0 spiro atoms. The first-order chi connectivity index (χ1) is 6.45. The standard InChI is InChI=1S/C7H5ClF2N2O2/c1-3-5(7(9)10)6(12(13)14)4(8)2-11-3/h2,7H,1H3. The molecule has 1 aromatic rings. The number of rotatable bonds is 2. The minimum Gasteiger partial charge on any atom is -0.259 e. The molecule has 0 saturated heterocycles. The van der Waals surface area contributed by atoms with E-state index in [2.05, 4.69) is 4.98 Å². The molecule has 4 nitrogen and oxygen atoms in total. The largest absolute Gasteiger partial charge is 0.300 e. The van der Waals surface area contributed by atoms with E-state index in [1.807, 2.05) is 0 Å². The van der Waals surface area contributed by atoms with Crippen LogP contribution in [0.1, 0.15) is 17.7 Å². The van der Waals surface area contributed by atoms with Crippen molar-refractivity contribution in [1.29, 1.82) is 0 Å². The van der Waals surface area contributed by atoms with Gasteiger partial charge in [0.2, 0.25) is 0 Å². The number of hydrogen-bond donors (Lipinski definition) is 0. The maximum atomic E-state index is 12.4. The highest BCUT2D eigenvalue weighted by molar-refractivity contribution is 6.32. The molecule has 0 unspecified atom stereocenters. The first-order valence-corrected chi connectivity index (χ1v) is 3.90. The van der Waals surface area contributed by atoms with Crippen LogP contribution in [0, 0.1) is 17.0 Å². The second-order valence-electron chi connectivity index (χ2n) is 2.51. The van der Waals surface area contributed by atoms with E-state index in [1.165, 1.54) is 6.92 Å². The summed E-state index contributed by atoms with van der Waals surface area (Å²) in [6, 6.07) is 0. The van der Waals surface area contributed by atoms with E-state index in [0.29, 0.717) is 0 Å². The van der Waals surface area contributed by atoms with Gasteiger partial charge in [-0.15, -0.1) is 0 Å². The van der Waals surface area contributed by atoms with Gasteiger partial charge in [-0.3, -0.25) is 15.1 Å². The van der Waals surface area contributed by atoms with Crippen LogP contribution in [0.15, 0.2) is 6.20 Å². The van der Waals surface area contributed by atoms with E-state index in [-0.39, 0.29) is 10.7 Å². The highest BCUT2D eigenvalue weighted by Crippen LogP contribution is 2.35. The second-order valence-corrected chi connectivity index (χ2v) is 2.92. The molecule has 14 heavy (non-hydrogen) atoms. The van der Waals surface area contributed by atoms with Crippen LogP contribution < -0.4 is 0 Å². The van der Waals surface area contributed by atoms with Crippen molar-refractivity contribution in [3.63, 3.8) is 0 Å². The molecule has 0 N–H and O–H groups in total. The zero-order valence-corrected chi connectivity index (χ0v) is 7.76.